The molecule has 21 heavy (non-hydrogen) atoms. The molecule has 12 nitrogen and oxygen atoms in total. The lowest BCUT2D eigenvalue weighted by molar-refractivity contribution is -0.463. The van der Waals surface area contributed by atoms with Crippen molar-refractivity contribution in [2.45, 2.75) is 0 Å². The number of ether oxygens (including phenoxy) is 1. The van der Waals surface area contributed by atoms with Crippen LogP contribution in [-0.4, -0.2) is 34.0 Å². The summed E-state index contributed by atoms with van der Waals surface area (Å²) in [5, 5.41) is 36.0. The molecule has 0 bridgehead atoms. The largest absolute Gasteiger partial charge is 0.722 e. The summed E-state index contributed by atoms with van der Waals surface area (Å²) in [6.45, 7) is 0. The Morgan fingerprint density at radius 1 is 1.24 bits per heavy atom. The van der Waals surface area contributed by atoms with Crippen molar-refractivity contribution in [2.75, 3.05) is 7.11 Å². The zero-order valence-corrected chi connectivity index (χ0v) is 10.6. The molecule has 4 N–H and O–H groups in total. The molecule has 0 heterocycles. The smallest absolute Gasteiger partial charge is 0.366 e. The number of rotatable bonds is 5. The van der Waals surface area contributed by atoms with Crippen molar-refractivity contribution < 1.29 is 19.4 Å². The van der Waals surface area contributed by atoms with Crippen LogP contribution in [0.3, 0.4) is 0 Å². The monoisotopic (exact) mass is 298 g/mol. The topological polar surface area (TPSA) is 186 Å². The molecule has 0 atom stereocenters. The molecule has 0 unspecified atom stereocenters. The second-order valence-corrected chi connectivity index (χ2v) is 3.54. The molecule has 0 saturated heterocycles. The Labute approximate surface area is 116 Å². The van der Waals surface area contributed by atoms with Gasteiger partial charge in [0.2, 0.25) is 5.75 Å². The fourth-order valence-corrected chi connectivity index (χ4v) is 1.36. The number of nitrogens with zero attached hydrogens (tertiary/aromatic N) is 4. The zero-order chi connectivity index (χ0) is 16.2. The van der Waals surface area contributed by atoms with Gasteiger partial charge in [-0.25, -0.2) is 0 Å². The lowest BCUT2D eigenvalue weighted by atomic mass is 10.1. The van der Waals surface area contributed by atoms with Crippen molar-refractivity contribution in [3.63, 3.8) is 0 Å². The van der Waals surface area contributed by atoms with E-state index in [0.29, 0.717) is 0 Å². The Morgan fingerprint density at radius 2 is 1.86 bits per heavy atom. The van der Waals surface area contributed by atoms with E-state index in [0.717, 1.165) is 25.5 Å². The fourth-order valence-electron chi connectivity index (χ4n) is 1.36. The number of nitro benzene ring substituents is 2. The van der Waals surface area contributed by atoms with Crippen molar-refractivity contribution in [1.82, 2.24) is 0 Å². The molecule has 0 spiro atoms. The number of hydrogen-bond donors (Lipinski definition) is 2. The molecule has 12 heteroatoms. The van der Waals surface area contributed by atoms with Gasteiger partial charge in [0.05, 0.1) is 34.8 Å². The van der Waals surface area contributed by atoms with Gasteiger partial charge >= 0.3 is 11.6 Å². The Balaban J connectivity index is 3.51. The number of methoxy groups -OCH3 is 1. The van der Waals surface area contributed by atoms with Gasteiger partial charge in [0.15, 0.2) is 0 Å². The number of hydrazone groups is 1. The third-order valence-corrected chi connectivity index (χ3v) is 2.22. The van der Waals surface area contributed by atoms with Crippen LogP contribution in [0.15, 0.2) is 17.2 Å². The van der Waals surface area contributed by atoms with E-state index >= 15 is 0 Å². The van der Waals surface area contributed by atoms with Crippen LogP contribution < -0.4 is 16.2 Å². The Morgan fingerprint density at radius 3 is 2.29 bits per heavy atom. The lowest BCUT2D eigenvalue weighted by Gasteiger charge is -2.06. The fraction of sp³-hybridized carbons (Fsp3) is 0.111. The maximum Gasteiger partial charge on any atom is 0.366 e. The van der Waals surface area contributed by atoms with Gasteiger partial charge in [0.1, 0.15) is 0 Å². The highest BCUT2D eigenvalue weighted by Crippen LogP contribution is 2.34. The van der Waals surface area contributed by atoms with E-state index in [2.05, 4.69) is 5.10 Å². The van der Waals surface area contributed by atoms with Gasteiger partial charge < -0.3 is 9.94 Å². The highest BCUT2D eigenvalue weighted by atomic mass is 16.6. The normalized spacial score (nSPS) is 10.3. The van der Waals surface area contributed by atoms with E-state index in [-0.39, 0.29) is 16.2 Å². The first-order valence-electron chi connectivity index (χ1n) is 5.17. The van der Waals surface area contributed by atoms with Gasteiger partial charge in [-0.1, -0.05) is 0 Å². The molecule has 0 aliphatic rings. The predicted octanol–water partition coefficient (Wildman–Crippen LogP) is -0.371. The minimum absolute atomic E-state index is 0.152. The molecule has 1 aromatic rings. The van der Waals surface area contributed by atoms with Crippen LogP contribution in [0.2, 0.25) is 0 Å². The number of guanidine groups is 1. The van der Waals surface area contributed by atoms with Crippen LogP contribution in [0.5, 0.6) is 5.75 Å². The average Bonchev–Trinajstić information content (AvgIpc) is 2.42. The molecular formula is C9H10N6O6. The molecule has 0 aromatic heterocycles. The van der Waals surface area contributed by atoms with Crippen molar-refractivity contribution in [1.29, 1.82) is 0 Å². The Kier molecular flexibility index (Phi) is 4.56. The van der Waals surface area contributed by atoms with Gasteiger partial charge in [-0.2, -0.15) is 0 Å². The van der Waals surface area contributed by atoms with Crippen LogP contribution >= 0.6 is 0 Å². The number of nitro groups is 2. The molecule has 0 fully saturated rings. The summed E-state index contributed by atoms with van der Waals surface area (Å²) >= 11 is 0. The highest BCUT2D eigenvalue weighted by Gasteiger charge is 2.24. The molecule has 0 aliphatic heterocycles. The van der Waals surface area contributed by atoms with Crippen LogP contribution in [0.4, 0.5) is 11.4 Å². The van der Waals surface area contributed by atoms with E-state index in [1.165, 1.54) is 0 Å². The molecular weight excluding hydrogens is 288 g/mol. The van der Waals surface area contributed by atoms with Crippen LogP contribution in [-0.2, 0) is 0 Å². The van der Waals surface area contributed by atoms with Crippen molar-refractivity contribution in [3.8, 4) is 5.75 Å². The van der Waals surface area contributed by atoms with E-state index < -0.39 is 27.2 Å². The minimum Gasteiger partial charge on any atom is -0.722 e. The van der Waals surface area contributed by atoms with Crippen LogP contribution in [0.25, 0.3) is 0 Å². The summed E-state index contributed by atoms with van der Waals surface area (Å²) in [7, 11) is 1.13. The Hall–Kier alpha value is -3.44. The average molecular weight is 298 g/mol. The van der Waals surface area contributed by atoms with Crippen LogP contribution in [0.1, 0.15) is 5.56 Å². The summed E-state index contributed by atoms with van der Waals surface area (Å²) < 4.78 is 4.82. The molecule has 0 aliphatic carbocycles. The second-order valence-electron chi connectivity index (χ2n) is 3.54. The summed E-state index contributed by atoms with van der Waals surface area (Å²) in [6, 6.07) is 1.68. The zero-order valence-electron chi connectivity index (χ0n) is 10.6. The van der Waals surface area contributed by atoms with Gasteiger partial charge in [-0.3, -0.25) is 31.7 Å². The first-order valence-corrected chi connectivity index (χ1v) is 5.17. The van der Waals surface area contributed by atoms with E-state index in [1.54, 1.807) is 0 Å². The van der Waals surface area contributed by atoms with Gasteiger partial charge in [0, 0.05) is 6.07 Å². The van der Waals surface area contributed by atoms with Crippen LogP contribution in [0, 0.1) is 25.4 Å². The number of hydrogen-bond acceptors (Lipinski definition) is 7. The molecule has 0 radical (unpaired) electrons. The molecule has 1 aromatic carbocycles. The van der Waals surface area contributed by atoms with Gasteiger partial charge in [0.25, 0.3) is 5.69 Å². The minimum atomic E-state index is -0.860. The SMILES string of the molecule is COc1c(C=N[N+]([O-])=C(N)N)cc([N+](=O)[O-])cc1[N+](=O)[O-]. The first kappa shape index (κ1) is 15.6. The Bertz CT molecular complexity index is 650. The summed E-state index contributed by atoms with van der Waals surface area (Å²) in [4.78, 5) is 19.8. The summed E-state index contributed by atoms with van der Waals surface area (Å²) in [5.74, 6) is -0.969. The third kappa shape index (κ3) is 3.52. The van der Waals surface area contributed by atoms with Crippen molar-refractivity contribution >= 4 is 23.5 Å². The van der Waals surface area contributed by atoms with Gasteiger partial charge in [-0.15, -0.1) is 9.95 Å². The predicted molar refractivity (Wildman–Crippen MR) is 70.9 cm³/mol. The van der Waals surface area contributed by atoms with E-state index in [9.17, 15) is 25.4 Å². The highest BCUT2D eigenvalue weighted by molar-refractivity contribution is 5.87. The molecule has 0 amide bonds. The summed E-state index contributed by atoms with van der Waals surface area (Å²) in [5.41, 5.74) is 8.59. The third-order valence-electron chi connectivity index (χ3n) is 2.22. The number of non-ortho nitro benzene ring substituents is 1. The number of nitrogens with two attached hydrogens (primary N) is 2. The van der Waals surface area contributed by atoms with E-state index in [4.69, 9.17) is 16.2 Å². The summed E-state index contributed by atoms with van der Waals surface area (Å²) in [6.07, 6.45) is 0.811. The van der Waals surface area contributed by atoms with Crippen molar-refractivity contribution in [2.24, 2.45) is 16.6 Å². The lowest BCUT2D eigenvalue weighted by Crippen LogP contribution is -2.30. The first-order chi connectivity index (χ1) is 9.77. The maximum absolute atomic E-state index is 11.1. The van der Waals surface area contributed by atoms with Gasteiger partial charge in [-0.05, 0) is 0 Å². The maximum atomic E-state index is 11.1. The second kappa shape index (κ2) is 6.14. The molecule has 112 valence electrons. The molecule has 0 saturated carbocycles. The molecule has 1 rings (SSSR count). The quantitative estimate of drug-likeness (QED) is 0.184. The van der Waals surface area contributed by atoms with Crippen molar-refractivity contribution in [3.05, 3.63) is 43.1 Å². The standard InChI is InChI=1S/C9H10N6O6/c1-21-8-5(4-12-13(16)9(10)11)2-6(14(17)18)3-7(8)15(19)20/h2-4H,10-11H2,1H3. The van der Waals surface area contributed by atoms with E-state index in [1.807, 2.05) is 0 Å². The number of benzene rings is 1.